The molecule has 37 heavy (non-hydrogen) atoms. The second kappa shape index (κ2) is 7.29. The standard InChI is InChI=1S/C30H32N2O5/c1-2-36-24(34)16-32-21-6-4-3-5-19(21)20-14-30(35)23-13-18-9-10-22(33)27-25(18)29(30,28(37-27)26(20)32)11-12-31(23)15-17-7-8-17/h3-6,9-10,17,23,28,33,35H,2,7-8,11-16H2,1H3/t23-,28-,29-,30+/m0/s1. The van der Waals surface area contributed by atoms with Gasteiger partial charge in [-0.3, -0.25) is 9.69 Å². The molecule has 0 amide bonds. The molecule has 2 aromatic carbocycles. The lowest BCUT2D eigenvalue weighted by Gasteiger charge is -2.63. The van der Waals surface area contributed by atoms with Gasteiger partial charge in [-0.1, -0.05) is 24.3 Å². The van der Waals surface area contributed by atoms with Crippen LogP contribution in [0.1, 0.15) is 54.7 Å². The molecule has 2 N–H and O–H groups in total. The average molecular weight is 501 g/mol. The van der Waals surface area contributed by atoms with Crippen LogP contribution in [-0.4, -0.2) is 57.0 Å². The van der Waals surface area contributed by atoms with Crippen LogP contribution in [0, 0.1) is 5.92 Å². The summed E-state index contributed by atoms with van der Waals surface area (Å²) in [4.78, 5) is 15.3. The highest BCUT2D eigenvalue weighted by molar-refractivity contribution is 5.88. The van der Waals surface area contributed by atoms with Gasteiger partial charge in [0.1, 0.15) is 6.54 Å². The summed E-state index contributed by atoms with van der Waals surface area (Å²) in [6.45, 7) is 4.16. The molecule has 3 heterocycles. The summed E-state index contributed by atoms with van der Waals surface area (Å²) in [7, 11) is 0. The van der Waals surface area contributed by atoms with Crippen molar-refractivity contribution in [3.8, 4) is 11.5 Å². The van der Waals surface area contributed by atoms with Gasteiger partial charge in [-0.2, -0.15) is 0 Å². The molecule has 2 fully saturated rings. The van der Waals surface area contributed by atoms with Crippen molar-refractivity contribution in [2.75, 3.05) is 19.7 Å². The molecule has 5 aliphatic rings. The second-order valence-electron chi connectivity index (χ2n) is 11.7. The van der Waals surface area contributed by atoms with E-state index in [-0.39, 0.29) is 24.3 Å². The van der Waals surface area contributed by atoms with E-state index in [1.54, 1.807) is 6.07 Å². The van der Waals surface area contributed by atoms with Crippen LogP contribution >= 0.6 is 0 Å². The van der Waals surface area contributed by atoms with Crippen LogP contribution < -0.4 is 4.74 Å². The van der Waals surface area contributed by atoms with Crippen molar-refractivity contribution in [3.05, 3.63) is 58.8 Å². The molecule has 7 nitrogen and oxygen atoms in total. The summed E-state index contributed by atoms with van der Waals surface area (Å²) in [5, 5.41) is 25.0. The summed E-state index contributed by atoms with van der Waals surface area (Å²) in [5.74, 6) is 1.08. The SMILES string of the molecule is CCOC(=O)Cn1c2c(c3ccccc31)C[C@@]1(O)[C@@H]3Cc4ccc(O)c5c4[C@@]1(CCN3CC1CC1)[C@H]2O5. The van der Waals surface area contributed by atoms with Crippen molar-refractivity contribution in [2.45, 2.75) is 68.7 Å². The molecule has 192 valence electrons. The number of aromatic nitrogens is 1. The Morgan fingerprint density at radius 1 is 1.22 bits per heavy atom. The number of carbonyl (C=O) groups is 1. The molecule has 0 radical (unpaired) electrons. The molecule has 0 unspecified atom stereocenters. The zero-order chi connectivity index (χ0) is 25.1. The Hall–Kier alpha value is -3.03. The average Bonchev–Trinajstić information content (AvgIpc) is 3.56. The summed E-state index contributed by atoms with van der Waals surface area (Å²) in [6, 6.07) is 11.9. The van der Waals surface area contributed by atoms with Gasteiger partial charge in [0, 0.05) is 35.5 Å². The van der Waals surface area contributed by atoms with Crippen molar-refractivity contribution in [1.82, 2.24) is 9.47 Å². The Bertz CT molecular complexity index is 1470. The minimum Gasteiger partial charge on any atom is -0.504 e. The van der Waals surface area contributed by atoms with Gasteiger partial charge in [-0.15, -0.1) is 0 Å². The number of ether oxygens (including phenoxy) is 2. The largest absolute Gasteiger partial charge is 0.504 e. The van der Waals surface area contributed by atoms with E-state index in [4.69, 9.17) is 9.47 Å². The Balaban J connectivity index is 1.39. The number of esters is 1. The van der Waals surface area contributed by atoms with Crippen molar-refractivity contribution in [3.63, 3.8) is 0 Å². The molecule has 2 bridgehead atoms. The molecule has 1 saturated carbocycles. The van der Waals surface area contributed by atoms with Crippen LogP contribution in [0.3, 0.4) is 0 Å². The first-order valence-corrected chi connectivity index (χ1v) is 13.7. The molecule has 1 spiro atoms. The predicted octanol–water partition coefficient (Wildman–Crippen LogP) is 3.61. The first kappa shape index (κ1) is 22.0. The van der Waals surface area contributed by atoms with Crippen molar-refractivity contribution in [1.29, 1.82) is 0 Å². The molecule has 8 rings (SSSR count). The Labute approximate surface area is 215 Å². The van der Waals surface area contributed by atoms with Gasteiger partial charge < -0.3 is 24.3 Å². The molecule has 3 aromatic rings. The third-order valence-corrected chi connectivity index (χ3v) is 9.92. The number of hydrogen-bond acceptors (Lipinski definition) is 6. The number of fused-ring (bicyclic) bond motifs is 4. The fourth-order valence-electron chi connectivity index (χ4n) is 8.31. The number of hydrogen-bond donors (Lipinski definition) is 2. The zero-order valence-corrected chi connectivity index (χ0v) is 21.1. The van der Waals surface area contributed by atoms with E-state index in [0.717, 1.165) is 59.6 Å². The van der Waals surface area contributed by atoms with E-state index < -0.39 is 17.1 Å². The van der Waals surface area contributed by atoms with Crippen molar-refractivity contribution < 1.29 is 24.5 Å². The molecule has 4 atom stereocenters. The predicted molar refractivity (Wildman–Crippen MR) is 137 cm³/mol. The Morgan fingerprint density at radius 3 is 2.86 bits per heavy atom. The topological polar surface area (TPSA) is 84.2 Å². The molecular formula is C30H32N2O5. The van der Waals surface area contributed by atoms with Crippen LogP contribution in [0.25, 0.3) is 10.9 Å². The van der Waals surface area contributed by atoms with Crippen LogP contribution in [0.4, 0.5) is 0 Å². The van der Waals surface area contributed by atoms with E-state index in [1.807, 2.05) is 35.8 Å². The summed E-state index contributed by atoms with van der Waals surface area (Å²) in [5.41, 5.74) is 3.39. The minimum atomic E-state index is -1.04. The number of para-hydroxylation sites is 1. The maximum Gasteiger partial charge on any atom is 0.325 e. The van der Waals surface area contributed by atoms with E-state index in [0.29, 0.717) is 18.8 Å². The number of nitrogens with zero attached hydrogens (tertiary/aromatic N) is 2. The molecule has 2 aliphatic heterocycles. The first-order valence-electron chi connectivity index (χ1n) is 13.7. The second-order valence-corrected chi connectivity index (χ2v) is 11.7. The number of aromatic hydroxyl groups is 1. The van der Waals surface area contributed by atoms with Gasteiger partial charge in [0.05, 0.1) is 23.3 Å². The zero-order valence-electron chi connectivity index (χ0n) is 21.1. The summed E-state index contributed by atoms with van der Waals surface area (Å²) >= 11 is 0. The van der Waals surface area contributed by atoms with Crippen LogP contribution in [-0.2, 0) is 34.3 Å². The molecule has 1 saturated heterocycles. The fourth-order valence-corrected chi connectivity index (χ4v) is 8.31. The highest BCUT2D eigenvalue weighted by Gasteiger charge is 2.73. The number of rotatable bonds is 5. The first-order chi connectivity index (χ1) is 18.0. The third kappa shape index (κ3) is 2.66. The quantitative estimate of drug-likeness (QED) is 0.521. The van der Waals surface area contributed by atoms with Crippen LogP contribution in [0.15, 0.2) is 36.4 Å². The number of benzene rings is 2. The lowest BCUT2D eigenvalue weighted by Crippen LogP contribution is -2.74. The number of aliphatic hydroxyl groups is 1. The van der Waals surface area contributed by atoms with Crippen molar-refractivity contribution >= 4 is 16.9 Å². The maximum absolute atomic E-state index is 13.0. The van der Waals surface area contributed by atoms with Crippen LogP contribution in [0.5, 0.6) is 11.5 Å². The van der Waals surface area contributed by atoms with E-state index in [1.165, 1.54) is 18.4 Å². The van der Waals surface area contributed by atoms with E-state index in [9.17, 15) is 15.0 Å². The van der Waals surface area contributed by atoms with E-state index in [2.05, 4.69) is 11.0 Å². The monoisotopic (exact) mass is 500 g/mol. The van der Waals surface area contributed by atoms with Gasteiger partial charge in [-0.25, -0.2) is 0 Å². The number of phenols is 1. The highest BCUT2D eigenvalue weighted by Crippen LogP contribution is 2.69. The maximum atomic E-state index is 13.0. The Kier molecular flexibility index (Phi) is 4.34. The highest BCUT2D eigenvalue weighted by atomic mass is 16.5. The lowest BCUT2D eigenvalue weighted by atomic mass is 9.49. The van der Waals surface area contributed by atoms with Gasteiger partial charge in [-0.05, 0) is 68.3 Å². The Morgan fingerprint density at radius 2 is 2.05 bits per heavy atom. The summed E-state index contributed by atoms with van der Waals surface area (Å²) < 4.78 is 14.1. The van der Waals surface area contributed by atoms with Gasteiger partial charge in [0.15, 0.2) is 17.6 Å². The third-order valence-electron chi connectivity index (χ3n) is 9.92. The van der Waals surface area contributed by atoms with E-state index >= 15 is 0 Å². The lowest BCUT2D eigenvalue weighted by molar-refractivity contribution is -0.173. The molecule has 1 aromatic heterocycles. The van der Waals surface area contributed by atoms with Gasteiger partial charge in [0.25, 0.3) is 0 Å². The number of phenolic OH excluding ortho intramolecular Hbond substituents is 1. The smallest absolute Gasteiger partial charge is 0.325 e. The van der Waals surface area contributed by atoms with Gasteiger partial charge >= 0.3 is 5.97 Å². The van der Waals surface area contributed by atoms with Crippen molar-refractivity contribution in [2.24, 2.45) is 5.92 Å². The number of carbonyl (C=O) groups excluding carboxylic acids is 1. The number of piperidine rings is 1. The molecule has 3 aliphatic carbocycles. The minimum absolute atomic E-state index is 0.0174. The van der Waals surface area contributed by atoms with Crippen LogP contribution in [0.2, 0.25) is 0 Å². The summed E-state index contributed by atoms with van der Waals surface area (Å²) in [6.07, 6.45) is 4.06. The molecular weight excluding hydrogens is 468 g/mol. The number of likely N-dealkylation sites (tertiary alicyclic amines) is 1. The van der Waals surface area contributed by atoms with Gasteiger partial charge in [0.2, 0.25) is 0 Å². The molecule has 7 heteroatoms. The fraction of sp³-hybridized carbons (Fsp3) is 0.500. The normalized spacial score (nSPS) is 31.1.